The number of hydrogen-bond acceptors (Lipinski definition) is 3. The minimum atomic E-state index is 0.136. The van der Waals surface area contributed by atoms with Crippen molar-refractivity contribution in [1.29, 1.82) is 0 Å². The molecule has 2 aromatic rings. The topological polar surface area (TPSA) is 30.5 Å². The summed E-state index contributed by atoms with van der Waals surface area (Å²) < 4.78 is 11.8. The largest absolute Gasteiger partial charge is 0.494 e. The first-order valence-electron chi connectivity index (χ1n) is 9.40. The molecule has 3 heteroatoms. The maximum atomic E-state index is 6.31. The fourth-order valence-corrected chi connectivity index (χ4v) is 2.73. The first kappa shape index (κ1) is 19.2. The molecule has 25 heavy (non-hydrogen) atoms. The number of rotatable bonds is 10. The van der Waals surface area contributed by atoms with Crippen molar-refractivity contribution in [2.24, 2.45) is 0 Å². The van der Waals surface area contributed by atoms with Gasteiger partial charge < -0.3 is 14.8 Å². The lowest BCUT2D eigenvalue weighted by atomic mass is 9.98. The fraction of sp³-hybridized carbons (Fsp3) is 0.455. The Morgan fingerprint density at radius 1 is 0.920 bits per heavy atom. The molecule has 0 bridgehead atoms. The molecule has 0 aliphatic heterocycles. The monoisotopic (exact) mass is 341 g/mol. The summed E-state index contributed by atoms with van der Waals surface area (Å²) in [5, 5.41) is 3.47. The van der Waals surface area contributed by atoms with E-state index in [1.807, 2.05) is 37.3 Å². The van der Waals surface area contributed by atoms with E-state index >= 15 is 0 Å². The summed E-state index contributed by atoms with van der Waals surface area (Å²) in [7, 11) is 0. The van der Waals surface area contributed by atoms with Crippen molar-refractivity contribution >= 4 is 5.69 Å². The van der Waals surface area contributed by atoms with E-state index < -0.39 is 0 Å². The van der Waals surface area contributed by atoms with Crippen LogP contribution in [0.25, 0.3) is 0 Å². The molecule has 0 saturated carbocycles. The Morgan fingerprint density at radius 2 is 1.64 bits per heavy atom. The first-order chi connectivity index (χ1) is 12.2. The number of hydrogen-bond donors (Lipinski definition) is 1. The first-order valence-corrected chi connectivity index (χ1v) is 9.40. The van der Waals surface area contributed by atoms with Gasteiger partial charge in [-0.05, 0) is 61.6 Å². The fourth-order valence-electron chi connectivity index (χ4n) is 2.73. The highest BCUT2D eigenvalue weighted by Crippen LogP contribution is 2.29. The van der Waals surface area contributed by atoms with Gasteiger partial charge in [0.05, 0.1) is 13.2 Å². The van der Waals surface area contributed by atoms with E-state index in [0.29, 0.717) is 12.5 Å². The maximum absolute atomic E-state index is 6.31. The lowest BCUT2D eigenvalue weighted by Gasteiger charge is -2.22. The molecule has 2 atom stereocenters. The molecule has 3 nitrogen and oxygen atoms in total. The minimum Gasteiger partial charge on any atom is -0.494 e. The van der Waals surface area contributed by atoms with Gasteiger partial charge in [-0.25, -0.2) is 0 Å². The van der Waals surface area contributed by atoms with Crippen LogP contribution in [0.3, 0.4) is 0 Å². The van der Waals surface area contributed by atoms with Crippen LogP contribution in [-0.4, -0.2) is 19.3 Å². The van der Waals surface area contributed by atoms with Crippen LogP contribution in [-0.2, 0) is 0 Å². The molecule has 0 unspecified atom stereocenters. The Balaban J connectivity index is 1.96. The van der Waals surface area contributed by atoms with Gasteiger partial charge in [-0.15, -0.1) is 0 Å². The highest BCUT2D eigenvalue weighted by molar-refractivity contribution is 5.46. The van der Waals surface area contributed by atoms with Gasteiger partial charge in [-0.1, -0.05) is 39.0 Å². The van der Waals surface area contributed by atoms with Crippen LogP contribution in [0.2, 0.25) is 0 Å². The zero-order valence-corrected chi connectivity index (χ0v) is 15.9. The third-order valence-electron chi connectivity index (χ3n) is 4.51. The third kappa shape index (κ3) is 5.70. The van der Waals surface area contributed by atoms with Crippen molar-refractivity contribution in [3.63, 3.8) is 0 Å². The molecule has 0 radical (unpaired) electrons. The highest BCUT2D eigenvalue weighted by atomic mass is 16.5. The van der Waals surface area contributed by atoms with Crippen molar-refractivity contribution in [2.45, 2.75) is 52.6 Å². The SMILES string of the molecule is CCOc1ccc(NC[C@@H](CC)Oc2ccccc2[C@@H](C)CC)cc1. The minimum absolute atomic E-state index is 0.136. The van der Waals surface area contributed by atoms with Gasteiger partial charge >= 0.3 is 0 Å². The van der Waals surface area contributed by atoms with E-state index in [0.717, 1.165) is 36.6 Å². The van der Waals surface area contributed by atoms with Crippen LogP contribution in [0.4, 0.5) is 5.69 Å². The summed E-state index contributed by atoms with van der Waals surface area (Å²) in [6, 6.07) is 16.5. The van der Waals surface area contributed by atoms with E-state index in [9.17, 15) is 0 Å². The lowest BCUT2D eigenvalue weighted by Crippen LogP contribution is -2.26. The summed E-state index contributed by atoms with van der Waals surface area (Å²) in [6.45, 7) is 10.1. The summed E-state index contributed by atoms with van der Waals surface area (Å²) in [6.07, 6.45) is 2.21. The average Bonchev–Trinajstić information content (AvgIpc) is 2.66. The van der Waals surface area contributed by atoms with Crippen LogP contribution in [0.15, 0.2) is 48.5 Å². The van der Waals surface area contributed by atoms with Crippen molar-refractivity contribution in [2.75, 3.05) is 18.5 Å². The molecule has 136 valence electrons. The molecule has 0 heterocycles. The molecular weight excluding hydrogens is 310 g/mol. The number of para-hydroxylation sites is 1. The summed E-state index contributed by atoms with van der Waals surface area (Å²) >= 11 is 0. The van der Waals surface area contributed by atoms with E-state index in [4.69, 9.17) is 9.47 Å². The summed E-state index contributed by atoms with van der Waals surface area (Å²) in [4.78, 5) is 0. The predicted octanol–water partition coefficient (Wildman–Crippen LogP) is 5.87. The number of ether oxygens (including phenoxy) is 2. The van der Waals surface area contributed by atoms with E-state index in [-0.39, 0.29) is 6.10 Å². The van der Waals surface area contributed by atoms with Crippen molar-refractivity contribution in [3.8, 4) is 11.5 Å². The van der Waals surface area contributed by atoms with Gasteiger partial charge in [0.2, 0.25) is 0 Å². The second kappa shape index (κ2) is 9.97. The van der Waals surface area contributed by atoms with Gasteiger partial charge in [0.25, 0.3) is 0 Å². The maximum Gasteiger partial charge on any atom is 0.123 e. The number of nitrogens with one attached hydrogen (secondary N) is 1. The second-order valence-electron chi connectivity index (χ2n) is 6.33. The molecule has 0 aliphatic carbocycles. The van der Waals surface area contributed by atoms with Crippen molar-refractivity contribution < 1.29 is 9.47 Å². The Kier molecular flexibility index (Phi) is 7.65. The molecule has 0 saturated heterocycles. The van der Waals surface area contributed by atoms with Gasteiger partial charge in [-0.2, -0.15) is 0 Å². The normalized spacial score (nSPS) is 13.1. The summed E-state index contributed by atoms with van der Waals surface area (Å²) in [5.74, 6) is 2.42. The predicted molar refractivity (Wildman–Crippen MR) is 106 cm³/mol. The standard InChI is InChI=1S/C22H31NO2/c1-5-17(4)21-10-8-9-11-22(21)25-19(6-2)16-23-18-12-14-20(15-13-18)24-7-3/h8-15,17,19,23H,5-7,16H2,1-4H3/t17-,19+/m0/s1. The third-order valence-corrected chi connectivity index (χ3v) is 4.51. The van der Waals surface area contributed by atoms with E-state index in [1.165, 1.54) is 5.56 Å². The van der Waals surface area contributed by atoms with Crippen LogP contribution >= 0.6 is 0 Å². The molecular formula is C22H31NO2. The smallest absolute Gasteiger partial charge is 0.123 e. The molecule has 0 aromatic heterocycles. The molecule has 0 amide bonds. The van der Waals surface area contributed by atoms with Crippen molar-refractivity contribution in [3.05, 3.63) is 54.1 Å². The second-order valence-corrected chi connectivity index (χ2v) is 6.33. The molecule has 0 fully saturated rings. The molecule has 0 spiro atoms. The Labute approximate surface area is 152 Å². The van der Waals surface area contributed by atoms with Crippen LogP contribution in [0.1, 0.15) is 52.0 Å². The summed E-state index contributed by atoms with van der Waals surface area (Å²) in [5.41, 5.74) is 2.38. The van der Waals surface area contributed by atoms with Gasteiger partial charge in [0.15, 0.2) is 0 Å². The lowest BCUT2D eigenvalue weighted by molar-refractivity contribution is 0.207. The quantitative estimate of drug-likeness (QED) is 0.586. The van der Waals surface area contributed by atoms with Crippen LogP contribution in [0.5, 0.6) is 11.5 Å². The Morgan fingerprint density at radius 3 is 2.28 bits per heavy atom. The Hall–Kier alpha value is -2.16. The van der Waals surface area contributed by atoms with Crippen molar-refractivity contribution in [1.82, 2.24) is 0 Å². The van der Waals surface area contributed by atoms with Crippen LogP contribution in [0, 0.1) is 0 Å². The van der Waals surface area contributed by atoms with E-state index in [1.54, 1.807) is 0 Å². The highest BCUT2D eigenvalue weighted by Gasteiger charge is 2.14. The Bertz CT molecular complexity index is 624. The zero-order valence-electron chi connectivity index (χ0n) is 15.9. The number of anilines is 1. The van der Waals surface area contributed by atoms with Crippen LogP contribution < -0.4 is 14.8 Å². The number of benzene rings is 2. The molecule has 1 N–H and O–H groups in total. The van der Waals surface area contributed by atoms with E-state index in [2.05, 4.69) is 44.3 Å². The molecule has 0 aliphatic rings. The molecule has 2 rings (SSSR count). The van der Waals surface area contributed by atoms with Gasteiger partial charge in [0.1, 0.15) is 17.6 Å². The molecule has 2 aromatic carbocycles. The van der Waals surface area contributed by atoms with Gasteiger partial charge in [-0.3, -0.25) is 0 Å². The zero-order chi connectivity index (χ0) is 18.1. The van der Waals surface area contributed by atoms with Gasteiger partial charge in [0, 0.05) is 5.69 Å². The average molecular weight is 341 g/mol.